The number of anilines is 1. The number of hydrogen-bond acceptors (Lipinski definition) is 12. The fourth-order valence-corrected chi connectivity index (χ4v) is 6.13. The number of aromatic nitrogens is 1. The molecule has 4 rings (SSSR count). The van der Waals surface area contributed by atoms with Crippen molar-refractivity contribution in [2.45, 2.75) is 18.3 Å². The Kier molecular flexibility index (Phi) is 8.62. The molecule has 2 aliphatic heterocycles. The molecule has 0 spiro atoms. The molecule has 3 heterocycles. The number of aromatic hydroxyl groups is 2. The number of nitrogens with two attached hydrogens (primary N) is 1. The van der Waals surface area contributed by atoms with Crippen LogP contribution in [0.2, 0.25) is 10.0 Å². The molecule has 3 amide bonds. The molecule has 0 radical (unpaired) electrons. The highest BCUT2D eigenvalue weighted by atomic mass is 35.5. The lowest BCUT2D eigenvalue weighted by Crippen LogP contribution is -2.71. The fraction of sp³-hybridized carbons (Fsp3) is 0.273. The molecule has 40 heavy (non-hydrogen) atoms. The predicted octanol–water partition coefficient (Wildman–Crippen LogP) is 1.35. The molecule has 0 saturated carbocycles. The number of carbonyl (C=O) groups is 4. The van der Waals surface area contributed by atoms with Crippen molar-refractivity contribution in [2.24, 2.45) is 5.16 Å². The number of carboxylic acids is 1. The molecule has 2 aliphatic rings. The van der Waals surface area contributed by atoms with Gasteiger partial charge in [0, 0.05) is 17.7 Å². The summed E-state index contributed by atoms with van der Waals surface area (Å²) in [5.74, 6) is -5.04. The number of halogens is 2. The van der Waals surface area contributed by atoms with Crippen molar-refractivity contribution in [1.29, 1.82) is 0 Å². The quantitative estimate of drug-likeness (QED) is 0.100. The summed E-state index contributed by atoms with van der Waals surface area (Å²) in [6.45, 7) is 1.55. The van der Waals surface area contributed by atoms with E-state index in [-0.39, 0.29) is 57.3 Å². The van der Waals surface area contributed by atoms with Crippen molar-refractivity contribution in [3.05, 3.63) is 44.0 Å². The molecule has 0 unspecified atom stereocenters. The van der Waals surface area contributed by atoms with Crippen LogP contribution in [0.4, 0.5) is 5.13 Å². The van der Waals surface area contributed by atoms with Crippen LogP contribution in [0.1, 0.15) is 23.0 Å². The van der Waals surface area contributed by atoms with Crippen molar-refractivity contribution in [1.82, 2.24) is 20.5 Å². The zero-order valence-electron chi connectivity index (χ0n) is 20.3. The summed E-state index contributed by atoms with van der Waals surface area (Å²) in [7, 11) is 0. The molecule has 14 nitrogen and oxygen atoms in total. The first-order valence-corrected chi connectivity index (χ1v) is 13.9. The Balaban J connectivity index is 1.49. The zero-order valence-corrected chi connectivity index (χ0v) is 23.4. The van der Waals surface area contributed by atoms with Gasteiger partial charge in [-0.3, -0.25) is 19.3 Å². The van der Waals surface area contributed by atoms with Crippen LogP contribution < -0.4 is 16.4 Å². The number of rotatable bonds is 9. The first-order valence-electron chi connectivity index (χ1n) is 11.3. The molecular formula is C22H20Cl2N6O8S2. The third kappa shape index (κ3) is 5.47. The Morgan fingerprint density at radius 2 is 2.02 bits per heavy atom. The molecule has 18 heteroatoms. The normalized spacial score (nSPS) is 18.6. The van der Waals surface area contributed by atoms with E-state index in [0.717, 1.165) is 22.3 Å². The van der Waals surface area contributed by atoms with Crippen LogP contribution in [0.3, 0.4) is 0 Å². The van der Waals surface area contributed by atoms with Crippen LogP contribution in [-0.4, -0.2) is 84.9 Å². The van der Waals surface area contributed by atoms with Gasteiger partial charge in [0.05, 0.1) is 15.6 Å². The number of carbonyl (C=O) groups excluding carboxylic acids is 3. The Labute approximate surface area is 243 Å². The molecule has 0 bridgehead atoms. The lowest BCUT2D eigenvalue weighted by atomic mass is 10.0. The smallest absolute Gasteiger partial charge is 0.352 e. The van der Waals surface area contributed by atoms with Gasteiger partial charge in [0.1, 0.15) is 29.4 Å². The highest BCUT2D eigenvalue weighted by molar-refractivity contribution is 8.00. The van der Waals surface area contributed by atoms with Gasteiger partial charge in [-0.2, -0.15) is 0 Å². The number of fused-ring (bicyclic) bond motifs is 1. The van der Waals surface area contributed by atoms with Crippen molar-refractivity contribution in [2.75, 3.05) is 24.6 Å². The summed E-state index contributed by atoms with van der Waals surface area (Å²) in [6.07, 6.45) is 0. The molecular weight excluding hydrogens is 611 g/mol. The van der Waals surface area contributed by atoms with Gasteiger partial charge in [0.15, 0.2) is 22.3 Å². The van der Waals surface area contributed by atoms with Crippen LogP contribution in [-0.2, 0) is 19.2 Å². The van der Waals surface area contributed by atoms with E-state index in [4.69, 9.17) is 33.8 Å². The highest BCUT2D eigenvalue weighted by Crippen LogP contribution is 2.42. The second-order valence-electron chi connectivity index (χ2n) is 8.15. The first kappa shape index (κ1) is 29.3. The highest BCUT2D eigenvalue weighted by Gasteiger charge is 2.54. The van der Waals surface area contributed by atoms with Crippen LogP contribution in [0.5, 0.6) is 11.5 Å². The predicted molar refractivity (Wildman–Crippen MR) is 146 cm³/mol. The van der Waals surface area contributed by atoms with Crippen molar-refractivity contribution < 1.29 is 39.3 Å². The van der Waals surface area contributed by atoms with Crippen LogP contribution in [0.15, 0.2) is 27.9 Å². The number of β-lactam (4-membered cyclic amide) rings is 1. The Morgan fingerprint density at radius 1 is 1.30 bits per heavy atom. The van der Waals surface area contributed by atoms with Gasteiger partial charge in [-0.05, 0) is 18.6 Å². The van der Waals surface area contributed by atoms with E-state index >= 15 is 0 Å². The number of amides is 3. The van der Waals surface area contributed by atoms with Gasteiger partial charge in [-0.15, -0.1) is 23.1 Å². The summed E-state index contributed by atoms with van der Waals surface area (Å²) in [5, 5.41) is 38.4. The zero-order chi connectivity index (χ0) is 29.3. The van der Waals surface area contributed by atoms with Crippen molar-refractivity contribution >= 4 is 80.8 Å². The number of phenols is 2. The Morgan fingerprint density at radius 3 is 2.65 bits per heavy atom. The van der Waals surface area contributed by atoms with E-state index in [2.05, 4.69) is 20.8 Å². The second-order valence-corrected chi connectivity index (χ2v) is 10.9. The molecule has 1 fully saturated rings. The molecule has 1 aromatic carbocycles. The van der Waals surface area contributed by atoms with Gasteiger partial charge >= 0.3 is 5.97 Å². The van der Waals surface area contributed by atoms with Gasteiger partial charge in [-0.1, -0.05) is 28.4 Å². The summed E-state index contributed by atoms with van der Waals surface area (Å²) in [6, 6.07) is -0.0199. The van der Waals surface area contributed by atoms with Gasteiger partial charge in [0.2, 0.25) is 0 Å². The molecule has 7 N–H and O–H groups in total. The topological polar surface area (TPSA) is 217 Å². The average molecular weight is 631 g/mol. The first-order chi connectivity index (χ1) is 19.0. The number of aliphatic carboxylic acids is 1. The van der Waals surface area contributed by atoms with Gasteiger partial charge in [0.25, 0.3) is 17.7 Å². The number of oxime groups is 1. The van der Waals surface area contributed by atoms with Gasteiger partial charge in [-0.25, -0.2) is 9.78 Å². The maximum atomic E-state index is 13.0. The lowest BCUT2D eigenvalue weighted by molar-refractivity contribution is -0.150. The van der Waals surface area contributed by atoms with Crippen LogP contribution in [0, 0.1) is 0 Å². The standard InChI is InChI=1S/C22H20Cl2N6O8S2/c1-2-38-29-12(10-6-40-22(25)27-10)18(34)28-13-19(35)30-14(21(36)37)7(5-39-20(13)30)4-26-17(33)8-3-9(23)15(31)16(32)11(8)24/h3,6,13,20,31-32H,2,4-5H2,1H3,(H2,25,27)(H,26,33)(H,28,34)(H,36,37)/b29-12-/t13-,20-/m1/s1. The van der Waals surface area contributed by atoms with Gasteiger partial charge < -0.3 is 36.5 Å². The van der Waals surface area contributed by atoms with E-state index in [1.54, 1.807) is 6.92 Å². The number of benzene rings is 1. The van der Waals surface area contributed by atoms with Crippen molar-refractivity contribution in [3.63, 3.8) is 0 Å². The number of nitrogens with one attached hydrogen (secondary N) is 2. The molecule has 1 saturated heterocycles. The summed E-state index contributed by atoms with van der Waals surface area (Å²) >= 11 is 14.0. The summed E-state index contributed by atoms with van der Waals surface area (Å²) in [5.41, 5.74) is 5.22. The van der Waals surface area contributed by atoms with E-state index in [0.29, 0.717) is 0 Å². The molecule has 1 aromatic heterocycles. The van der Waals surface area contributed by atoms with Crippen LogP contribution in [0.25, 0.3) is 0 Å². The third-order valence-electron chi connectivity index (χ3n) is 5.67. The SMILES string of the molecule is CCO/N=C(\C(=O)N[C@@H]1C(=O)N2C(C(=O)O)=C(CNC(=O)c3cc(Cl)c(O)c(O)c3Cl)CS[C@H]12)c1csc(N)n1. The monoisotopic (exact) mass is 630 g/mol. The van der Waals surface area contributed by atoms with E-state index < -0.39 is 51.6 Å². The molecule has 2 aromatic rings. The minimum Gasteiger partial charge on any atom is -0.503 e. The van der Waals surface area contributed by atoms with Crippen molar-refractivity contribution in [3.8, 4) is 11.5 Å². The average Bonchev–Trinajstić information content (AvgIpc) is 3.36. The maximum absolute atomic E-state index is 13.0. The fourth-order valence-electron chi connectivity index (χ4n) is 3.81. The maximum Gasteiger partial charge on any atom is 0.352 e. The number of nitrogen functional groups attached to an aromatic ring is 1. The van der Waals surface area contributed by atoms with E-state index in [9.17, 15) is 34.5 Å². The molecule has 2 atom stereocenters. The number of phenolic OH excluding ortho intramolecular Hbond substituents is 2. The number of hydrogen-bond donors (Lipinski definition) is 6. The second kappa shape index (κ2) is 11.8. The number of thioether (sulfide) groups is 1. The number of nitrogens with zero attached hydrogens (tertiary/aromatic N) is 3. The minimum atomic E-state index is -1.41. The molecule has 0 aliphatic carbocycles. The third-order valence-corrected chi connectivity index (χ3v) is 8.36. The molecule has 212 valence electrons. The number of thiazole rings is 1. The lowest BCUT2D eigenvalue weighted by Gasteiger charge is -2.49. The summed E-state index contributed by atoms with van der Waals surface area (Å²) in [4.78, 5) is 60.8. The largest absolute Gasteiger partial charge is 0.503 e. The Hall–Kier alpha value is -3.73. The number of carboxylic acid groups (broad SMARTS) is 1. The summed E-state index contributed by atoms with van der Waals surface area (Å²) < 4.78 is 0. The van der Waals surface area contributed by atoms with E-state index in [1.807, 2.05) is 0 Å². The minimum absolute atomic E-state index is 0.0978. The Bertz CT molecular complexity index is 1480. The van der Waals surface area contributed by atoms with Crippen LogP contribution >= 0.6 is 46.3 Å². The van der Waals surface area contributed by atoms with E-state index in [1.165, 1.54) is 17.1 Å².